The molecule has 2 amide bonds. The van der Waals surface area contributed by atoms with Crippen LogP contribution in [0.5, 0.6) is 17.2 Å². The summed E-state index contributed by atoms with van der Waals surface area (Å²) in [7, 11) is 0. The molecule has 5 rings (SSSR count). The number of hydrogen-bond acceptors (Lipinski definition) is 10. The number of phenols is 1. The van der Waals surface area contributed by atoms with Gasteiger partial charge >= 0.3 is 5.91 Å². The molecule has 0 aliphatic carbocycles. The number of unbranched alkanes of at least 4 members (excludes halogenated alkanes) is 7. The van der Waals surface area contributed by atoms with Crippen molar-refractivity contribution in [1.29, 1.82) is 0 Å². The Morgan fingerprint density at radius 2 is 1.42 bits per heavy atom. The number of amides is 2. The van der Waals surface area contributed by atoms with Gasteiger partial charge in [0.05, 0.1) is 16.3 Å². The fourth-order valence-electron chi connectivity index (χ4n) is 5.25. The molecule has 0 aliphatic heterocycles. The van der Waals surface area contributed by atoms with Gasteiger partial charge < -0.3 is 19.3 Å². The minimum atomic E-state index is -1.77. The van der Waals surface area contributed by atoms with Crippen molar-refractivity contribution < 1.29 is 27.8 Å². The highest BCUT2D eigenvalue weighted by atomic mass is 32.2. The average molecular weight is 726 g/mol. The first-order valence-corrected chi connectivity index (χ1v) is 18.4. The van der Waals surface area contributed by atoms with Crippen LogP contribution in [0.15, 0.2) is 108 Å². The lowest BCUT2D eigenvalue weighted by Crippen LogP contribution is -2.33. The van der Waals surface area contributed by atoms with E-state index < -0.39 is 23.1 Å². The Morgan fingerprint density at radius 3 is 2.12 bits per heavy atom. The second kappa shape index (κ2) is 19.6. The Balaban J connectivity index is 1.16. The van der Waals surface area contributed by atoms with Crippen molar-refractivity contribution in [3.05, 3.63) is 109 Å². The van der Waals surface area contributed by atoms with Gasteiger partial charge in [0.2, 0.25) is 16.9 Å². The molecule has 4 N–H and O–H groups in total. The number of phenolic OH excluding ortho intramolecular Hbond substituents is 1. The predicted octanol–water partition coefficient (Wildman–Crippen LogP) is 7.14. The zero-order valence-electron chi connectivity index (χ0n) is 28.9. The second-order valence-electron chi connectivity index (χ2n) is 12.0. The van der Waals surface area contributed by atoms with Crippen LogP contribution >= 0.6 is 0 Å². The maximum atomic E-state index is 13.5. The van der Waals surface area contributed by atoms with Crippen LogP contribution in [-0.4, -0.2) is 47.4 Å². The normalized spacial score (nSPS) is 12.0. The van der Waals surface area contributed by atoms with E-state index in [1.54, 1.807) is 60.7 Å². The molecule has 0 saturated carbocycles. The molecule has 2 atom stereocenters. The number of nitrogens with one attached hydrogen (secondary N) is 3. The SMILES string of the molecule is CCCCCCCCCCC(Oc1ccc(OS(=O)c2ccc(O)cc2)cc1)C(=O)Nc1ccc(NNC(=O)c2nnnn2-c2ccccc2)cc1. The lowest BCUT2D eigenvalue weighted by atomic mass is 10.1. The lowest BCUT2D eigenvalue weighted by molar-refractivity contribution is -0.123. The Hall–Kier alpha value is -5.76. The predicted molar refractivity (Wildman–Crippen MR) is 199 cm³/mol. The number of rotatable bonds is 20. The van der Waals surface area contributed by atoms with Crippen LogP contribution in [0, 0.1) is 0 Å². The smallest absolute Gasteiger partial charge is 0.309 e. The lowest BCUT2D eigenvalue weighted by Gasteiger charge is -2.19. The van der Waals surface area contributed by atoms with Crippen molar-refractivity contribution in [1.82, 2.24) is 25.6 Å². The monoisotopic (exact) mass is 725 g/mol. The number of para-hydroxylation sites is 1. The zero-order valence-corrected chi connectivity index (χ0v) is 29.8. The van der Waals surface area contributed by atoms with Crippen LogP contribution in [0.4, 0.5) is 11.4 Å². The van der Waals surface area contributed by atoms with Gasteiger partial charge in [-0.05, 0) is 108 Å². The fraction of sp³-hybridized carbons (Fsp3) is 0.289. The van der Waals surface area contributed by atoms with Crippen molar-refractivity contribution in [2.75, 3.05) is 10.7 Å². The van der Waals surface area contributed by atoms with Gasteiger partial charge in [-0.15, -0.1) is 5.10 Å². The molecule has 14 heteroatoms. The molecule has 0 spiro atoms. The first-order chi connectivity index (χ1) is 25.4. The van der Waals surface area contributed by atoms with Crippen molar-refractivity contribution >= 4 is 34.3 Å². The molecule has 13 nitrogen and oxygen atoms in total. The maximum absolute atomic E-state index is 13.5. The molecule has 0 radical (unpaired) electrons. The molecule has 5 aromatic rings. The van der Waals surface area contributed by atoms with Crippen molar-refractivity contribution in [3.8, 4) is 22.9 Å². The number of hydrazine groups is 1. The van der Waals surface area contributed by atoms with E-state index in [2.05, 4.69) is 38.6 Å². The molecule has 4 aromatic carbocycles. The van der Waals surface area contributed by atoms with E-state index in [9.17, 15) is 18.9 Å². The molecule has 0 fully saturated rings. The summed E-state index contributed by atoms with van der Waals surface area (Å²) in [4.78, 5) is 26.7. The highest BCUT2D eigenvalue weighted by molar-refractivity contribution is 7.80. The number of anilines is 2. The number of ether oxygens (including phenoxy) is 1. The van der Waals surface area contributed by atoms with E-state index in [1.807, 2.05) is 18.2 Å². The van der Waals surface area contributed by atoms with Gasteiger partial charge in [0.15, 0.2) is 6.10 Å². The standard InChI is InChI=1S/C38H43N7O6S/c1-2-3-4-5-6-7-8-12-15-35(50-32-22-24-33(25-23-32)51-52(49)34-26-20-31(46)21-27-34)37(47)39-28-16-18-29(19-17-28)40-42-38(48)36-41-43-44-45(36)30-13-10-9-11-14-30/h9-11,13-14,16-27,35,40,46H,2-8,12,15H2,1H3,(H,39,47)(H,42,48). The summed E-state index contributed by atoms with van der Waals surface area (Å²) in [6.45, 7) is 2.21. The third-order valence-corrected chi connectivity index (χ3v) is 9.06. The Bertz CT molecular complexity index is 1870. The van der Waals surface area contributed by atoms with Gasteiger partial charge in [0.25, 0.3) is 5.91 Å². The van der Waals surface area contributed by atoms with Crippen molar-refractivity contribution in [2.45, 2.75) is 75.7 Å². The Labute approximate surface area is 305 Å². The molecule has 272 valence electrons. The number of aromatic hydroxyl groups is 1. The third-order valence-electron chi connectivity index (χ3n) is 8.06. The summed E-state index contributed by atoms with van der Waals surface area (Å²) in [5, 5.41) is 23.8. The first kappa shape index (κ1) is 37.5. The molecule has 0 bridgehead atoms. The number of carbonyl (C=O) groups is 2. The summed E-state index contributed by atoms with van der Waals surface area (Å²) in [5.41, 5.74) is 7.22. The van der Waals surface area contributed by atoms with E-state index in [4.69, 9.17) is 8.92 Å². The molecule has 0 saturated heterocycles. The van der Waals surface area contributed by atoms with Crippen LogP contribution in [-0.2, 0) is 15.9 Å². The molecular formula is C38H43N7O6S. The Kier molecular flexibility index (Phi) is 14.1. The number of aromatic nitrogens is 4. The van der Waals surface area contributed by atoms with Crippen LogP contribution in [0.3, 0.4) is 0 Å². The van der Waals surface area contributed by atoms with Gasteiger partial charge in [-0.2, -0.15) is 4.68 Å². The number of nitrogens with zero attached hydrogens (tertiary/aromatic N) is 4. The van der Waals surface area contributed by atoms with Gasteiger partial charge in [0.1, 0.15) is 17.2 Å². The highest BCUT2D eigenvalue weighted by Crippen LogP contribution is 2.24. The van der Waals surface area contributed by atoms with E-state index in [1.165, 1.54) is 61.1 Å². The highest BCUT2D eigenvalue weighted by Gasteiger charge is 2.21. The summed E-state index contributed by atoms with van der Waals surface area (Å²) >= 11 is -1.77. The number of carbonyl (C=O) groups excluding carboxylic acids is 2. The van der Waals surface area contributed by atoms with Crippen LogP contribution in [0.2, 0.25) is 0 Å². The van der Waals surface area contributed by atoms with Crippen LogP contribution < -0.4 is 25.1 Å². The number of tetrazole rings is 1. The quantitative estimate of drug-likeness (QED) is 0.0478. The molecule has 0 aliphatic rings. The summed E-state index contributed by atoms with van der Waals surface area (Å²) < 4.78 is 25.7. The fourth-order valence-corrected chi connectivity index (χ4v) is 5.99. The van der Waals surface area contributed by atoms with Gasteiger partial charge in [-0.1, -0.05) is 70.1 Å². The van der Waals surface area contributed by atoms with Crippen LogP contribution in [0.1, 0.15) is 75.3 Å². The van der Waals surface area contributed by atoms with E-state index >= 15 is 0 Å². The second-order valence-corrected chi connectivity index (χ2v) is 13.2. The molecule has 1 aromatic heterocycles. The third kappa shape index (κ3) is 11.4. The molecule has 2 unspecified atom stereocenters. The van der Waals surface area contributed by atoms with E-state index in [-0.39, 0.29) is 17.5 Å². The molecule has 52 heavy (non-hydrogen) atoms. The average Bonchev–Trinajstić information content (AvgIpc) is 3.67. The largest absolute Gasteiger partial charge is 0.508 e. The minimum absolute atomic E-state index is 0.0105. The van der Waals surface area contributed by atoms with Gasteiger partial charge in [-0.25, -0.2) is 4.21 Å². The number of benzene rings is 4. The minimum Gasteiger partial charge on any atom is -0.508 e. The topological polar surface area (TPSA) is 170 Å². The first-order valence-electron chi connectivity index (χ1n) is 17.4. The number of hydrogen-bond donors (Lipinski definition) is 4. The van der Waals surface area contributed by atoms with Crippen molar-refractivity contribution in [3.63, 3.8) is 0 Å². The summed E-state index contributed by atoms with van der Waals surface area (Å²) in [5.74, 6) is 0.0918. The van der Waals surface area contributed by atoms with E-state index in [0.717, 1.165) is 19.3 Å². The Morgan fingerprint density at radius 1 is 0.788 bits per heavy atom. The van der Waals surface area contributed by atoms with Gasteiger partial charge in [-0.3, -0.25) is 20.4 Å². The summed E-state index contributed by atoms with van der Waals surface area (Å²) in [6.07, 6.45) is 8.82. The van der Waals surface area contributed by atoms with Crippen molar-refractivity contribution in [2.24, 2.45) is 0 Å². The molecule has 1 heterocycles. The van der Waals surface area contributed by atoms with Crippen LogP contribution in [0.25, 0.3) is 5.69 Å². The maximum Gasteiger partial charge on any atom is 0.309 e. The van der Waals surface area contributed by atoms with Gasteiger partial charge in [0, 0.05) is 5.69 Å². The van der Waals surface area contributed by atoms with E-state index in [0.29, 0.717) is 39.9 Å². The summed E-state index contributed by atoms with van der Waals surface area (Å²) in [6, 6.07) is 28.5. The zero-order chi connectivity index (χ0) is 36.5. The molecular weight excluding hydrogens is 683 g/mol.